The van der Waals surface area contributed by atoms with Gasteiger partial charge in [-0.15, -0.1) is 0 Å². The molecule has 22 heavy (non-hydrogen) atoms. The smallest absolute Gasteiger partial charge is 0.307 e. The summed E-state index contributed by atoms with van der Waals surface area (Å²) in [5.74, 6) is -3.26. The summed E-state index contributed by atoms with van der Waals surface area (Å²) in [6.45, 7) is 1.67. The first-order valence-corrected chi connectivity index (χ1v) is 9.02. The van der Waals surface area contributed by atoms with Gasteiger partial charge in [-0.1, -0.05) is 30.3 Å². The molecule has 0 aliphatic carbocycles. The van der Waals surface area contributed by atoms with Gasteiger partial charge in [0.1, 0.15) is 0 Å². The van der Waals surface area contributed by atoms with E-state index >= 15 is 0 Å². The predicted molar refractivity (Wildman–Crippen MR) is 80.8 cm³/mol. The van der Waals surface area contributed by atoms with Crippen LogP contribution < -0.4 is 5.48 Å². The van der Waals surface area contributed by atoms with Crippen molar-refractivity contribution in [1.82, 2.24) is 5.48 Å². The van der Waals surface area contributed by atoms with Crippen molar-refractivity contribution in [3.05, 3.63) is 35.9 Å². The summed E-state index contributed by atoms with van der Waals surface area (Å²) in [5.41, 5.74) is 3.51. The summed E-state index contributed by atoms with van der Waals surface area (Å²) in [4.78, 5) is 21.6. The minimum absolute atomic E-state index is 0.0788. The number of hydrogen-bond donors (Lipinski definition) is 3. The summed E-state index contributed by atoms with van der Waals surface area (Å²) < 4.78 is 17.4. The number of carboxylic acids is 2. The molecule has 0 spiro atoms. The average molecular weight is 329 g/mol. The highest BCUT2D eigenvalue weighted by Gasteiger charge is 2.28. The Morgan fingerprint density at radius 2 is 1.91 bits per heavy atom. The number of aliphatic carboxylic acids is 2. The molecule has 2 unspecified atom stereocenters. The molecule has 0 heterocycles. The van der Waals surface area contributed by atoms with Crippen LogP contribution in [-0.2, 0) is 25.3 Å². The van der Waals surface area contributed by atoms with E-state index in [9.17, 15) is 14.2 Å². The van der Waals surface area contributed by atoms with Crippen molar-refractivity contribution in [2.24, 2.45) is 5.92 Å². The molecule has 122 valence electrons. The molecular formula is C14H20NO6P. The number of nitrogens with one attached hydrogen (secondary N) is 1. The van der Waals surface area contributed by atoms with Crippen molar-refractivity contribution in [2.45, 2.75) is 19.4 Å². The van der Waals surface area contributed by atoms with Crippen LogP contribution in [0.3, 0.4) is 0 Å². The molecule has 7 nitrogen and oxygen atoms in total. The van der Waals surface area contributed by atoms with Gasteiger partial charge in [0.2, 0.25) is 7.37 Å². The second-order valence-corrected chi connectivity index (χ2v) is 7.64. The van der Waals surface area contributed by atoms with Gasteiger partial charge in [0, 0.05) is 25.8 Å². The minimum Gasteiger partial charge on any atom is -0.481 e. The first-order valence-electron chi connectivity index (χ1n) is 6.76. The maximum absolute atomic E-state index is 12.3. The molecule has 0 amide bonds. The molecule has 0 aliphatic heterocycles. The third-order valence-corrected chi connectivity index (χ3v) is 4.60. The molecule has 0 radical (unpaired) electrons. The quantitative estimate of drug-likeness (QED) is 0.445. The van der Waals surface area contributed by atoms with Crippen molar-refractivity contribution < 1.29 is 29.0 Å². The number of rotatable bonds is 10. The molecule has 1 aromatic rings. The fraction of sp³-hybridized carbons (Fsp3) is 0.429. The number of hydroxylamine groups is 1. The lowest BCUT2D eigenvalue weighted by atomic mass is 10.1. The molecule has 0 fully saturated rings. The van der Waals surface area contributed by atoms with E-state index < -0.39 is 25.2 Å². The molecule has 1 rings (SSSR count). The van der Waals surface area contributed by atoms with E-state index in [4.69, 9.17) is 14.8 Å². The summed E-state index contributed by atoms with van der Waals surface area (Å²) >= 11 is 0. The van der Waals surface area contributed by atoms with Crippen molar-refractivity contribution in [2.75, 3.05) is 12.8 Å². The van der Waals surface area contributed by atoms with Gasteiger partial charge in [0.05, 0.1) is 5.92 Å². The number of carboxylic acid groups (broad SMARTS) is 2. The number of benzene rings is 1. The lowest BCUT2D eigenvalue weighted by Gasteiger charge is -2.18. The van der Waals surface area contributed by atoms with Crippen LogP contribution in [0.4, 0.5) is 0 Å². The van der Waals surface area contributed by atoms with Crippen LogP contribution in [0.15, 0.2) is 30.3 Å². The Bertz CT molecular complexity index is 548. The fourth-order valence-corrected chi connectivity index (χ4v) is 3.43. The zero-order chi connectivity index (χ0) is 16.6. The molecular weight excluding hydrogens is 309 g/mol. The normalized spacial score (nSPS) is 15.0. The van der Waals surface area contributed by atoms with Crippen molar-refractivity contribution >= 4 is 19.3 Å². The van der Waals surface area contributed by atoms with E-state index in [-0.39, 0.29) is 19.0 Å². The largest absolute Gasteiger partial charge is 0.481 e. The van der Waals surface area contributed by atoms with Gasteiger partial charge in [0.25, 0.3) is 0 Å². The second kappa shape index (κ2) is 8.68. The minimum atomic E-state index is -3.18. The molecule has 1 aromatic carbocycles. The van der Waals surface area contributed by atoms with Crippen LogP contribution in [0.25, 0.3) is 0 Å². The van der Waals surface area contributed by atoms with Gasteiger partial charge in [-0.25, -0.2) is 4.62 Å². The zero-order valence-corrected chi connectivity index (χ0v) is 13.2. The third kappa shape index (κ3) is 7.36. The SMILES string of the molecule is CP(=O)(CC(CCC(=O)O)C(=O)O)ONCc1ccccc1. The van der Waals surface area contributed by atoms with E-state index in [0.29, 0.717) is 6.54 Å². The van der Waals surface area contributed by atoms with Crippen LogP contribution in [-0.4, -0.2) is 35.0 Å². The summed E-state index contributed by atoms with van der Waals surface area (Å²) in [6.07, 6.45) is -0.573. The van der Waals surface area contributed by atoms with Gasteiger partial charge in [-0.05, 0) is 12.0 Å². The predicted octanol–water partition coefficient (Wildman–Crippen LogP) is 2.18. The second-order valence-electron chi connectivity index (χ2n) is 5.06. The molecule has 0 bridgehead atoms. The van der Waals surface area contributed by atoms with Crippen LogP contribution in [0.2, 0.25) is 0 Å². The van der Waals surface area contributed by atoms with Gasteiger partial charge in [0.15, 0.2) is 0 Å². The van der Waals surface area contributed by atoms with Crippen LogP contribution in [0, 0.1) is 5.92 Å². The molecule has 0 saturated heterocycles. The zero-order valence-electron chi connectivity index (χ0n) is 12.3. The highest BCUT2D eigenvalue weighted by Crippen LogP contribution is 2.44. The lowest BCUT2D eigenvalue weighted by Crippen LogP contribution is -2.22. The molecule has 0 saturated carbocycles. The Hall–Kier alpha value is -1.69. The van der Waals surface area contributed by atoms with E-state index in [2.05, 4.69) is 5.48 Å². The molecule has 2 atom stereocenters. The number of carbonyl (C=O) groups is 2. The van der Waals surface area contributed by atoms with E-state index in [1.165, 1.54) is 6.66 Å². The summed E-state index contributed by atoms with van der Waals surface area (Å²) in [7, 11) is -3.18. The fourth-order valence-electron chi connectivity index (χ4n) is 1.88. The monoisotopic (exact) mass is 329 g/mol. The Balaban J connectivity index is 2.47. The van der Waals surface area contributed by atoms with Crippen LogP contribution in [0.1, 0.15) is 18.4 Å². The number of hydrogen-bond acceptors (Lipinski definition) is 5. The van der Waals surface area contributed by atoms with E-state index in [0.717, 1.165) is 5.56 Å². The first-order chi connectivity index (χ1) is 10.3. The molecule has 0 aromatic heterocycles. The average Bonchev–Trinajstić information content (AvgIpc) is 2.44. The maximum Gasteiger partial charge on any atom is 0.307 e. The van der Waals surface area contributed by atoms with E-state index in [1.54, 1.807) is 0 Å². The Labute approximate surface area is 128 Å². The van der Waals surface area contributed by atoms with Crippen molar-refractivity contribution in [3.63, 3.8) is 0 Å². The van der Waals surface area contributed by atoms with Crippen molar-refractivity contribution in [1.29, 1.82) is 0 Å². The summed E-state index contributed by atoms with van der Waals surface area (Å²) in [6, 6.07) is 9.31. The highest BCUT2D eigenvalue weighted by molar-refractivity contribution is 7.58. The maximum atomic E-state index is 12.3. The van der Waals surface area contributed by atoms with Crippen LogP contribution >= 0.6 is 7.37 Å². The van der Waals surface area contributed by atoms with Gasteiger partial charge in [-0.2, -0.15) is 5.48 Å². The Kier molecular flexibility index (Phi) is 7.24. The van der Waals surface area contributed by atoms with Crippen molar-refractivity contribution in [3.8, 4) is 0 Å². The van der Waals surface area contributed by atoms with Gasteiger partial charge >= 0.3 is 11.9 Å². The first kappa shape index (κ1) is 18.4. The molecule has 3 N–H and O–H groups in total. The highest BCUT2D eigenvalue weighted by atomic mass is 31.2. The summed E-state index contributed by atoms with van der Waals surface area (Å²) in [5, 5.41) is 17.7. The molecule has 8 heteroatoms. The van der Waals surface area contributed by atoms with Gasteiger partial charge < -0.3 is 10.2 Å². The lowest BCUT2D eigenvalue weighted by molar-refractivity contribution is -0.142. The molecule has 0 aliphatic rings. The standard InChI is InChI=1S/C14H20NO6P/c1-22(20,10-12(14(18)19)7-8-13(16)17)21-15-9-11-5-3-2-4-6-11/h2-6,12,15H,7-10H2,1H3,(H,16,17)(H,18,19). The topological polar surface area (TPSA) is 113 Å². The third-order valence-electron chi connectivity index (χ3n) is 2.98. The Morgan fingerprint density at radius 1 is 1.27 bits per heavy atom. The van der Waals surface area contributed by atoms with Crippen LogP contribution in [0.5, 0.6) is 0 Å². The Morgan fingerprint density at radius 3 is 2.45 bits per heavy atom. The van der Waals surface area contributed by atoms with Gasteiger partial charge in [-0.3, -0.25) is 14.2 Å². The van der Waals surface area contributed by atoms with E-state index in [1.807, 2.05) is 30.3 Å².